The summed E-state index contributed by atoms with van der Waals surface area (Å²) in [6, 6.07) is 13.4. The normalized spacial score (nSPS) is 17.3. The highest BCUT2D eigenvalue weighted by molar-refractivity contribution is 5.94. The number of likely N-dealkylation sites (tertiary alicyclic amines) is 1. The predicted molar refractivity (Wildman–Crippen MR) is 112 cm³/mol. The van der Waals surface area contributed by atoms with Crippen molar-refractivity contribution in [1.29, 1.82) is 0 Å². The van der Waals surface area contributed by atoms with E-state index >= 15 is 0 Å². The number of fused-ring (bicyclic) bond motifs is 1. The quantitative estimate of drug-likeness (QED) is 0.661. The summed E-state index contributed by atoms with van der Waals surface area (Å²) >= 11 is 0. The van der Waals surface area contributed by atoms with Crippen LogP contribution in [0.25, 0.3) is 11.0 Å². The van der Waals surface area contributed by atoms with Gasteiger partial charge in [0.25, 0.3) is 5.91 Å². The van der Waals surface area contributed by atoms with Crippen molar-refractivity contribution in [3.05, 3.63) is 65.7 Å². The number of hydrogen-bond donors (Lipinski definition) is 0. The molecule has 1 atom stereocenters. The molecule has 4 rings (SSSR count). The van der Waals surface area contributed by atoms with E-state index in [1.54, 1.807) is 12.4 Å². The average Bonchev–Trinajstić information content (AvgIpc) is 3.36. The molecule has 5 nitrogen and oxygen atoms in total. The van der Waals surface area contributed by atoms with Crippen LogP contribution >= 0.6 is 0 Å². The number of para-hydroxylation sites is 1. The molecule has 1 fully saturated rings. The van der Waals surface area contributed by atoms with E-state index in [4.69, 9.17) is 0 Å². The minimum atomic E-state index is -0.312. The van der Waals surface area contributed by atoms with Crippen LogP contribution in [0.4, 0.5) is 4.39 Å². The van der Waals surface area contributed by atoms with E-state index in [9.17, 15) is 9.18 Å². The van der Waals surface area contributed by atoms with E-state index in [0.717, 1.165) is 30.6 Å². The molecule has 0 unspecified atom stereocenters. The zero-order valence-corrected chi connectivity index (χ0v) is 17.2. The van der Waals surface area contributed by atoms with Crippen LogP contribution in [0.2, 0.25) is 0 Å². The molecule has 29 heavy (non-hydrogen) atoms. The van der Waals surface area contributed by atoms with Gasteiger partial charge in [0.1, 0.15) is 5.52 Å². The highest BCUT2D eigenvalue weighted by Gasteiger charge is 2.29. The molecule has 0 N–H and O–H groups in total. The molecule has 1 aromatic heterocycles. The first-order chi connectivity index (χ1) is 13.9. The van der Waals surface area contributed by atoms with Gasteiger partial charge in [-0.25, -0.2) is 9.37 Å². The minimum absolute atomic E-state index is 0.0577. The molecule has 0 saturated carbocycles. The van der Waals surface area contributed by atoms with E-state index in [1.165, 1.54) is 6.07 Å². The van der Waals surface area contributed by atoms with Crippen LogP contribution in [0.1, 0.15) is 36.2 Å². The van der Waals surface area contributed by atoms with Crippen LogP contribution in [-0.4, -0.2) is 57.5 Å². The highest BCUT2D eigenvalue weighted by atomic mass is 19.1. The summed E-state index contributed by atoms with van der Waals surface area (Å²) in [4.78, 5) is 21.4. The number of halogens is 1. The van der Waals surface area contributed by atoms with Crippen molar-refractivity contribution in [1.82, 2.24) is 19.4 Å². The standard InChI is InChI=1S/C23H27FN4O/c1-16(2)27-12-11-19(14-27)26(3)23(29)18-9-7-17(8-10-18)13-28-15-25-22-20(24)5-4-6-21(22)28/h4-10,15-16,19H,11-14H2,1-3H3/t19-/m1/s1. The molecule has 2 heterocycles. The lowest BCUT2D eigenvalue weighted by atomic mass is 10.1. The van der Waals surface area contributed by atoms with Gasteiger partial charge in [-0.15, -0.1) is 0 Å². The van der Waals surface area contributed by atoms with E-state index in [0.29, 0.717) is 23.7 Å². The molecule has 2 aromatic carbocycles. The molecule has 0 bridgehead atoms. The maximum atomic E-state index is 13.8. The summed E-state index contributed by atoms with van der Waals surface area (Å²) in [7, 11) is 1.90. The molecule has 1 aliphatic rings. The summed E-state index contributed by atoms with van der Waals surface area (Å²) in [5.74, 6) is -0.254. The molecular weight excluding hydrogens is 367 g/mol. The topological polar surface area (TPSA) is 41.4 Å². The second-order valence-corrected chi connectivity index (χ2v) is 8.12. The highest BCUT2D eigenvalue weighted by Crippen LogP contribution is 2.20. The van der Waals surface area contributed by atoms with Crippen molar-refractivity contribution in [2.24, 2.45) is 0 Å². The first-order valence-electron chi connectivity index (χ1n) is 10.1. The number of nitrogens with zero attached hydrogens (tertiary/aromatic N) is 4. The summed E-state index contributed by atoms with van der Waals surface area (Å²) < 4.78 is 15.7. The Morgan fingerprint density at radius 1 is 1.24 bits per heavy atom. The van der Waals surface area contributed by atoms with Gasteiger partial charge < -0.3 is 9.47 Å². The Morgan fingerprint density at radius 3 is 2.69 bits per heavy atom. The van der Waals surface area contributed by atoms with Crippen molar-refractivity contribution >= 4 is 16.9 Å². The maximum Gasteiger partial charge on any atom is 0.253 e. The van der Waals surface area contributed by atoms with Crippen molar-refractivity contribution < 1.29 is 9.18 Å². The van der Waals surface area contributed by atoms with Gasteiger partial charge in [0.15, 0.2) is 5.82 Å². The van der Waals surface area contributed by atoms with Crippen LogP contribution in [0.3, 0.4) is 0 Å². The largest absolute Gasteiger partial charge is 0.337 e. The van der Waals surface area contributed by atoms with Crippen molar-refractivity contribution in [2.75, 3.05) is 20.1 Å². The second-order valence-electron chi connectivity index (χ2n) is 8.12. The van der Waals surface area contributed by atoms with E-state index in [1.807, 2.05) is 46.8 Å². The first-order valence-corrected chi connectivity index (χ1v) is 10.1. The number of imidazole rings is 1. The van der Waals surface area contributed by atoms with Gasteiger partial charge in [0.05, 0.1) is 11.8 Å². The Kier molecular flexibility index (Phi) is 5.37. The molecule has 6 heteroatoms. The molecule has 1 amide bonds. The third-order valence-electron chi connectivity index (χ3n) is 5.95. The number of rotatable bonds is 5. The fraction of sp³-hybridized carbons (Fsp3) is 0.391. The van der Waals surface area contributed by atoms with Crippen LogP contribution in [0.5, 0.6) is 0 Å². The Balaban J connectivity index is 1.45. The molecule has 1 saturated heterocycles. The first kappa shape index (κ1) is 19.6. The van der Waals surface area contributed by atoms with Crippen LogP contribution < -0.4 is 0 Å². The molecule has 0 aliphatic carbocycles. The third-order valence-corrected chi connectivity index (χ3v) is 5.95. The molecule has 1 aliphatic heterocycles. The van der Waals surface area contributed by atoms with Gasteiger partial charge in [0, 0.05) is 44.3 Å². The van der Waals surface area contributed by atoms with Gasteiger partial charge in [0.2, 0.25) is 0 Å². The molecule has 0 radical (unpaired) electrons. The SMILES string of the molecule is CC(C)N1CC[C@@H](N(C)C(=O)c2ccc(Cn3cnc4c(F)cccc43)cc2)C1. The molecule has 152 valence electrons. The number of amides is 1. The van der Waals surface area contributed by atoms with Gasteiger partial charge >= 0.3 is 0 Å². The molecular formula is C23H27FN4O. The van der Waals surface area contributed by atoms with E-state index in [2.05, 4.69) is 23.7 Å². The Labute approximate surface area is 170 Å². The van der Waals surface area contributed by atoms with E-state index in [-0.39, 0.29) is 17.8 Å². The lowest BCUT2D eigenvalue weighted by molar-refractivity contribution is 0.0732. The monoisotopic (exact) mass is 394 g/mol. The number of carbonyl (C=O) groups is 1. The minimum Gasteiger partial charge on any atom is -0.337 e. The van der Waals surface area contributed by atoms with Gasteiger partial charge in [-0.05, 0) is 50.1 Å². The summed E-state index contributed by atoms with van der Waals surface area (Å²) in [6.45, 7) is 6.94. The number of likely N-dealkylation sites (N-methyl/N-ethyl adjacent to an activating group) is 1. The number of aromatic nitrogens is 2. The van der Waals surface area contributed by atoms with Crippen LogP contribution in [-0.2, 0) is 6.54 Å². The Bertz CT molecular complexity index is 1010. The fourth-order valence-corrected chi connectivity index (χ4v) is 4.05. The lowest BCUT2D eigenvalue weighted by Gasteiger charge is -2.26. The van der Waals surface area contributed by atoms with Gasteiger partial charge in [-0.1, -0.05) is 18.2 Å². The van der Waals surface area contributed by atoms with Crippen LogP contribution in [0, 0.1) is 5.82 Å². The summed E-state index contributed by atoms with van der Waals surface area (Å²) in [5, 5.41) is 0. The zero-order valence-electron chi connectivity index (χ0n) is 17.2. The van der Waals surface area contributed by atoms with Crippen molar-refractivity contribution in [3.63, 3.8) is 0 Å². The van der Waals surface area contributed by atoms with Crippen molar-refractivity contribution in [3.8, 4) is 0 Å². The molecule has 3 aromatic rings. The smallest absolute Gasteiger partial charge is 0.253 e. The molecule has 0 spiro atoms. The Morgan fingerprint density at radius 2 is 2.00 bits per heavy atom. The Hall–Kier alpha value is -2.73. The predicted octanol–water partition coefficient (Wildman–Crippen LogP) is 3.78. The van der Waals surface area contributed by atoms with Crippen LogP contribution in [0.15, 0.2) is 48.8 Å². The van der Waals surface area contributed by atoms with Gasteiger partial charge in [-0.3, -0.25) is 9.69 Å². The second kappa shape index (κ2) is 7.95. The number of hydrogen-bond acceptors (Lipinski definition) is 3. The fourth-order valence-electron chi connectivity index (χ4n) is 4.05. The third kappa shape index (κ3) is 3.90. The maximum absolute atomic E-state index is 13.8. The lowest BCUT2D eigenvalue weighted by Crippen LogP contribution is -2.40. The number of benzene rings is 2. The van der Waals surface area contributed by atoms with Gasteiger partial charge in [-0.2, -0.15) is 0 Å². The van der Waals surface area contributed by atoms with Crippen molar-refractivity contribution in [2.45, 2.75) is 38.9 Å². The number of carbonyl (C=O) groups excluding carboxylic acids is 1. The summed E-state index contributed by atoms with van der Waals surface area (Å²) in [5.41, 5.74) is 2.88. The average molecular weight is 394 g/mol. The summed E-state index contributed by atoms with van der Waals surface area (Å²) in [6.07, 6.45) is 2.67. The van der Waals surface area contributed by atoms with E-state index < -0.39 is 0 Å². The zero-order chi connectivity index (χ0) is 20.5.